The standard InChI is InChI=1S/C22H31N5O2/c1-24(18-8-4-3-5-9-18)20(28)16-26-14-12-17(13-15-26)21-23-25(2)22(29)27(21)19-10-6-7-11-19/h3-5,8-9,17,19H,6-7,10-16H2,1-2H3. The molecule has 1 aromatic carbocycles. The predicted octanol–water partition coefficient (Wildman–Crippen LogP) is 2.54. The summed E-state index contributed by atoms with van der Waals surface area (Å²) in [6, 6.07) is 10.1. The third-order valence-corrected chi connectivity index (χ3v) is 6.50. The van der Waals surface area contributed by atoms with Crippen LogP contribution in [-0.2, 0) is 11.8 Å². The molecule has 0 spiro atoms. The van der Waals surface area contributed by atoms with E-state index in [1.807, 2.05) is 41.9 Å². The molecule has 1 saturated heterocycles. The number of para-hydroxylation sites is 1. The molecule has 7 heteroatoms. The first-order valence-electron chi connectivity index (χ1n) is 10.7. The van der Waals surface area contributed by atoms with Gasteiger partial charge in [0.05, 0.1) is 6.54 Å². The number of rotatable bonds is 5. The summed E-state index contributed by atoms with van der Waals surface area (Å²) in [7, 11) is 3.59. The zero-order valence-electron chi connectivity index (χ0n) is 17.5. The molecule has 0 atom stereocenters. The Balaban J connectivity index is 1.38. The highest BCUT2D eigenvalue weighted by Crippen LogP contribution is 2.33. The number of hydrogen-bond acceptors (Lipinski definition) is 4. The molecule has 0 bridgehead atoms. The Kier molecular flexibility index (Phi) is 5.85. The average Bonchev–Trinajstić information content (AvgIpc) is 3.37. The topological polar surface area (TPSA) is 63.4 Å². The zero-order chi connectivity index (χ0) is 20.4. The number of amides is 1. The molecule has 1 saturated carbocycles. The van der Waals surface area contributed by atoms with Gasteiger partial charge < -0.3 is 4.90 Å². The highest BCUT2D eigenvalue weighted by Gasteiger charge is 2.31. The predicted molar refractivity (Wildman–Crippen MR) is 113 cm³/mol. The van der Waals surface area contributed by atoms with Crippen LogP contribution in [0.2, 0.25) is 0 Å². The highest BCUT2D eigenvalue weighted by atomic mass is 16.2. The number of hydrogen-bond donors (Lipinski definition) is 0. The smallest absolute Gasteiger partial charge is 0.314 e. The van der Waals surface area contributed by atoms with E-state index in [-0.39, 0.29) is 11.6 Å². The number of benzene rings is 1. The second-order valence-corrected chi connectivity index (χ2v) is 8.41. The van der Waals surface area contributed by atoms with Crippen LogP contribution in [0.5, 0.6) is 0 Å². The van der Waals surface area contributed by atoms with E-state index in [0.717, 1.165) is 50.3 Å². The van der Waals surface area contributed by atoms with Gasteiger partial charge in [-0.2, -0.15) is 5.10 Å². The van der Waals surface area contributed by atoms with Crippen LogP contribution in [0.3, 0.4) is 0 Å². The summed E-state index contributed by atoms with van der Waals surface area (Å²) in [6.45, 7) is 2.14. The maximum atomic E-state index is 12.7. The van der Waals surface area contributed by atoms with Gasteiger partial charge in [0.25, 0.3) is 0 Å². The molecule has 2 aliphatic rings. The van der Waals surface area contributed by atoms with Crippen molar-refractivity contribution >= 4 is 11.6 Å². The van der Waals surface area contributed by atoms with Crippen molar-refractivity contribution < 1.29 is 4.79 Å². The largest absolute Gasteiger partial charge is 0.345 e. The molecule has 0 N–H and O–H groups in total. The van der Waals surface area contributed by atoms with Gasteiger partial charge in [-0.1, -0.05) is 31.0 Å². The molecule has 1 aliphatic heterocycles. The van der Waals surface area contributed by atoms with Crippen molar-refractivity contribution in [1.82, 2.24) is 19.2 Å². The molecule has 1 aliphatic carbocycles. The van der Waals surface area contributed by atoms with Crippen LogP contribution in [0.25, 0.3) is 0 Å². The van der Waals surface area contributed by atoms with Gasteiger partial charge in [-0.3, -0.25) is 14.3 Å². The number of nitrogens with zero attached hydrogens (tertiary/aromatic N) is 5. The summed E-state index contributed by atoms with van der Waals surface area (Å²) in [4.78, 5) is 29.3. The molecule has 2 aromatic rings. The Labute approximate surface area is 171 Å². The molecular formula is C22H31N5O2. The third kappa shape index (κ3) is 4.15. The summed E-state index contributed by atoms with van der Waals surface area (Å²) in [5, 5.41) is 4.61. The number of likely N-dealkylation sites (tertiary alicyclic amines) is 1. The lowest BCUT2D eigenvalue weighted by Crippen LogP contribution is -2.42. The first-order valence-corrected chi connectivity index (χ1v) is 10.7. The first-order chi connectivity index (χ1) is 14.0. The van der Waals surface area contributed by atoms with Crippen LogP contribution in [0, 0.1) is 0 Å². The Hall–Kier alpha value is -2.41. The van der Waals surface area contributed by atoms with Gasteiger partial charge in [0.2, 0.25) is 5.91 Å². The van der Waals surface area contributed by atoms with Gasteiger partial charge >= 0.3 is 5.69 Å². The van der Waals surface area contributed by atoms with Crippen LogP contribution in [0.15, 0.2) is 35.1 Å². The molecule has 4 rings (SSSR count). The quantitative estimate of drug-likeness (QED) is 0.778. The number of carbonyl (C=O) groups excluding carboxylic acids is 1. The third-order valence-electron chi connectivity index (χ3n) is 6.50. The summed E-state index contributed by atoms with van der Waals surface area (Å²) < 4.78 is 3.47. The molecule has 0 radical (unpaired) electrons. The van der Waals surface area contributed by atoms with Crippen molar-refractivity contribution in [2.75, 3.05) is 31.6 Å². The fourth-order valence-corrected chi connectivity index (χ4v) is 4.72. The second kappa shape index (κ2) is 8.53. The minimum atomic E-state index is 0.0222. The number of aryl methyl sites for hydroxylation is 1. The van der Waals surface area contributed by atoms with Crippen molar-refractivity contribution in [3.8, 4) is 0 Å². The molecule has 1 amide bonds. The van der Waals surface area contributed by atoms with Crippen molar-refractivity contribution in [2.45, 2.75) is 50.5 Å². The Morgan fingerprint density at radius 2 is 1.76 bits per heavy atom. The summed E-state index contributed by atoms with van der Waals surface area (Å²) in [6.07, 6.45) is 6.43. The second-order valence-electron chi connectivity index (χ2n) is 8.41. The number of likely N-dealkylation sites (N-methyl/N-ethyl adjacent to an activating group) is 1. The molecule has 2 heterocycles. The number of aromatic nitrogens is 3. The van der Waals surface area contributed by atoms with Crippen molar-refractivity contribution in [3.63, 3.8) is 0 Å². The van der Waals surface area contributed by atoms with E-state index in [0.29, 0.717) is 18.5 Å². The minimum absolute atomic E-state index is 0.0222. The molecule has 29 heavy (non-hydrogen) atoms. The highest BCUT2D eigenvalue weighted by molar-refractivity contribution is 5.94. The number of anilines is 1. The number of carbonyl (C=O) groups is 1. The first kappa shape index (κ1) is 19.9. The maximum absolute atomic E-state index is 12.7. The van der Waals surface area contributed by atoms with E-state index >= 15 is 0 Å². The van der Waals surface area contributed by atoms with E-state index in [2.05, 4.69) is 10.00 Å². The zero-order valence-corrected chi connectivity index (χ0v) is 17.5. The van der Waals surface area contributed by atoms with Crippen LogP contribution >= 0.6 is 0 Å². The lowest BCUT2D eigenvalue weighted by molar-refractivity contribution is -0.119. The van der Waals surface area contributed by atoms with Crippen molar-refractivity contribution in [3.05, 3.63) is 46.6 Å². The van der Waals surface area contributed by atoms with E-state index in [1.54, 1.807) is 11.9 Å². The summed E-state index contributed by atoms with van der Waals surface area (Å²) >= 11 is 0. The maximum Gasteiger partial charge on any atom is 0.345 e. The Morgan fingerprint density at radius 1 is 1.10 bits per heavy atom. The molecule has 7 nitrogen and oxygen atoms in total. The van der Waals surface area contributed by atoms with Crippen LogP contribution in [0.4, 0.5) is 5.69 Å². The van der Waals surface area contributed by atoms with Crippen LogP contribution in [0.1, 0.15) is 56.3 Å². The van der Waals surface area contributed by atoms with Gasteiger partial charge in [-0.15, -0.1) is 0 Å². The molecule has 1 aromatic heterocycles. The van der Waals surface area contributed by atoms with E-state index < -0.39 is 0 Å². The van der Waals surface area contributed by atoms with Gasteiger partial charge in [-0.25, -0.2) is 9.48 Å². The van der Waals surface area contributed by atoms with Gasteiger partial charge in [0.1, 0.15) is 5.82 Å². The lowest BCUT2D eigenvalue weighted by atomic mass is 9.95. The van der Waals surface area contributed by atoms with Gasteiger partial charge in [0.15, 0.2) is 0 Å². The van der Waals surface area contributed by atoms with Gasteiger partial charge in [0, 0.05) is 31.7 Å². The lowest BCUT2D eigenvalue weighted by Gasteiger charge is -2.32. The van der Waals surface area contributed by atoms with Crippen molar-refractivity contribution in [2.24, 2.45) is 7.05 Å². The minimum Gasteiger partial charge on any atom is -0.314 e. The fraction of sp³-hybridized carbons (Fsp3) is 0.591. The Morgan fingerprint density at radius 3 is 2.41 bits per heavy atom. The summed E-state index contributed by atoms with van der Waals surface area (Å²) in [5.74, 6) is 1.36. The average molecular weight is 398 g/mol. The van der Waals surface area contributed by atoms with Gasteiger partial charge in [-0.05, 0) is 50.9 Å². The normalized spacial score (nSPS) is 19.0. The fourth-order valence-electron chi connectivity index (χ4n) is 4.72. The molecular weight excluding hydrogens is 366 g/mol. The van der Waals surface area contributed by atoms with E-state index in [1.165, 1.54) is 17.5 Å². The molecule has 0 unspecified atom stereocenters. The SMILES string of the molecule is CN(C(=O)CN1CCC(c2nn(C)c(=O)n2C2CCCC2)CC1)c1ccccc1. The van der Waals surface area contributed by atoms with Crippen LogP contribution < -0.4 is 10.6 Å². The molecule has 2 fully saturated rings. The molecule has 156 valence electrons. The van der Waals surface area contributed by atoms with Crippen molar-refractivity contribution in [1.29, 1.82) is 0 Å². The monoisotopic (exact) mass is 397 g/mol. The van der Waals surface area contributed by atoms with E-state index in [9.17, 15) is 9.59 Å². The number of piperidine rings is 1. The summed E-state index contributed by atoms with van der Waals surface area (Å²) in [5.41, 5.74) is 0.940. The Bertz CT molecular complexity index is 890. The van der Waals surface area contributed by atoms with E-state index in [4.69, 9.17) is 0 Å². The van der Waals surface area contributed by atoms with Crippen LogP contribution in [-0.4, -0.2) is 51.8 Å².